The highest BCUT2D eigenvalue weighted by molar-refractivity contribution is 6.33. The Morgan fingerprint density at radius 2 is 2.10 bits per heavy atom. The van der Waals surface area contributed by atoms with Crippen molar-refractivity contribution in [2.24, 2.45) is 7.05 Å². The molecule has 4 heterocycles. The van der Waals surface area contributed by atoms with Gasteiger partial charge in [0.15, 0.2) is 0 Å². The summed E-state index contributed by atoms with van der Waals surface area (Å²) in [5, 5.41) is 17.8. The summed E-state index contributed by atoms with van der Waals surface area (Å²) in [6.07, 6.45) is 6.20. The second kappa shape index (κ2) is 11.3. The minimum absolute atomic E-state index is 0.163. The third kappa shape index (κ3) is 5.20. The number of halogens is 2. The van der Waals surface area contributed by atoms with E-state index >= 15 is 0 Å². The van der Waals surface area contributed by atoms with E-state index in [1.807, 2.05) is 37.2 Å². The van der Waals surface area contributed by atoms with Crippen LogP contribution < -0.4 is 5.32 Å². The van der Waals surface area contributed by atoms with Crippen LogP contribution in [0.1, 0.15) is 28.4 Å². The summed E-state index contributed by atoms with van der Waals surface area (Å²) >= 11 is 6.67. The highest BCUT2D eigenvalue weighted by Crippen LogP contribution is 2.39. The van der Waals surface area contributed by atoms with E-state index in [1.165, 1.54) is 12.1 Å². The number of hydrogen-bond donors (Lipinski definition) is 2. The number of anilines is 2. The first-order valence-electron chi connectivity index (χ1n) is 12.5. The molecule has 11 heteroatoms. The number of aryl methyl sites for hydroxylation is 1. The molecule has 1 aromatic carbocycles. The molecule has 4 aromatic rings. The summed E-state index contributed by atoms with van der Waals surface area (Å²) in [7, 11) is 3.45. The fourth-order valence-corrected chi connectivity index (χ4v) is 5.59. The summed E-state index contributed by atoms with van der Waals surface area (Å²) < 4.78 is 23.4. The van der Waals surface area contributed by atoms with E-state index in [9.17, 15) is 14.3 Å². The average molecular weight is 553 g/mol. The molecule has 0 saturated heterocycles. The third-order valence-corrected chi connectivity index (χ3v) is 7.56. The fourth-order valence-electron chi connectivity index (χ4n) is 5.29. The van der Waals surface area contributed by atoms with Gasteiger partial charge in [-0.3, -0.25) is 9.58 Å². The molecule has 1 aliphatic rings. The molecular weight excluding hydrogens is 523 g/mol. The maximum absolute atomic E-state index is 14.1. The lowest BCUT2D eigenvalue weighted by atomic mass is 10.0. The van der Waals surface area contributed by atoms with Crippen LogP contribution in [0.3, 0.4) is 0 Å². The van der Waals surface area contributed by atoms with Gasteiger partial charge in [0.25, 0.3) is 0 Å². The summed E-state index contributed by atoms with van der Waals surface area (Å²) in [4.78, 5) is 19.1. The molecule has 3 aromatic heterocycles. The van der Waals surface area contributed by atoms with Gasteiger partial charge >= 0.3 is 0 Å². The first-order valence-corrected chi connectivity index (χ1v) is 12.9. The van der Waals surface area contributed by atoms with Crippen LogP contribution in [-0.4, -0.2) is 55.4 Å². The number of aromatic nitrogens is 4. The van der Waals surface area contributed by atoms with Gasteiger partial charge in [-0.2, -0.15) is 5.10 Å². The highest BCUT2D eigenvalue weighted by Gasteiger charge is 2.36. The largest absolute Gasteiger partial charge is 0.392 e. The second-order valence-corrected chi connectivity index (χ2v) is 10.1. The zero-order valence-electron chi connectivity index (χ0n) is 21.9. The molecule has 0 amide bonds. The van der Waals surface area contributed by atoms with Crippen molar-refractivity contribution in [3.05, 3.63) is 82.1 Å². The quantitative estimate of drug-likeness (QED) is 0.297. The molecule has 39 heavy (non-hydrogen) atoms. The Kier molecular flexibility index (Phi) is 7.81. The van der Waals surface area contributed by atoms with Gasteiger partial charge in [-0.05, 0) is 36.2 Å². The molecule has 5 rings (SSSR count). The topological polar surface area (TPSA) is 97.4 Å². The highest BCUT2D eigenvalue weighted by atomic mass is 35.5. The maximum atomic E-state index is 14.1. The molecule has 0 saturated carbocycles. The van der Waals surface area contributed by atoms with E-state index in [1.54, 1.807) is 30.3 Å². The van der Waals surface area contributed by atoms with Crippen molar-refractivity contribution in [3.8, 4) is 11.1 Å². The Balaban J connectivity index is 1.54. The number of rotatable bonds is 9. The summed E-state index contributed by atoms with van der Waals surface area (Å²) in [6, 6.07) is 7.35. The van der Waals surface area contributed by atoms with E-state index in [0.29, 0.717) is 35.1 Å². The van der Waals surface area contributed by atoms with Gasteiger partial charge in [0.1, 0.15) is 29.8 Å². The van der Waals surface area contributed by atoms with Gasteiger partial charge in [-0.1, -0.05) is 17.7 Å². The lowest BCUT2D eigenvalue weighted by molar-refractivity contribution is -0.115. The lowest BCUT2D eigenvalue weighted by Gasteiger charge is -2.40. The molecule has 0 aliphatic carbocycles. The Hall–Kier alpha value is -3.57. The van der Waals surface area contributed by atoms with Crippen molar-refractivity contribution >= 4 is 29.5 Å². The average Bonchev–Trinajstić information content (AvgIpc) is 3.52. The number of ether oxygens (including phenoxy) is 1. The monoisotopic (exact) mass is 552 g/mol. The number of pyridine rings is 1. The van der Waals surface area contributed by atoms with Crippen LogP contribution in [0.5, 0.6) is 0 Å². The third-order valence-electron chi connectivity index (χ3n) is 7.28. The van der Waals surface area contributed by atoms with Crippen molar-refractivity contribution in [2.45, 2.75) is 38.7 Å². The number of aliphatic hydroxyl groups is 1. The Morgan fingerprint density at radius 1 is 1.28 bits per heavy atom. The lowest BCUT2D eigenvalue weighted by Crippen LogP contribution is -2.48. The summed E-state index contributed by atoms with van der Waals surface area (Å²) in [6.45, 7) is 2.92. The van der Waals surface area contributed by atoms with Crippen molar-refractivity contribution in [1.82, 2.24) is 24.2 Å². The Labute approximate surface area is 230 Å². The van der Waals surface area contributed by atoms with Crippen molar-refractivity contribution < 1.29 is 19.0 Å². The number of nitrogens with one attached hydrogen (secondary N) is 1. The SMILES string of the molecule is COC[C@H]1Cn2cc(-c3c(Cl)cnc(Nc4ccnn4C)c3C)cc2C(C=O)N1Cc1cc(F)ccc1CO. The summed E-state index contributed by atoms with van der Waals surface area (Å²) in [5.41, 5.74) is 4.56. The number of carbonyl (C=O) groups excluding carboxylic acids is 1. The smallest absolute Gasteiger partial charge is 0.143 e. The molecule has 1 unspecified atom stereocenters. The van der Waals surface area contributed by atoms with Crippen LogP contribution in [0.4, 0.5) is 16.0 Å². The number of nitrogens with zero attached hydrogens (tertiary/aromatic N) is 5. The van der Waals surface area contributed by atoms with Crippen LogP contribution in [0.15, 0.2) is 48.9 Å². The minimum atomic E-state index is -0.615. The van der Waals surface area contributed by atoms with Crippen molar-refractivity contribution in [2.75, 3.05) is 19.0 Å². The van der Waals surface area contributed by atoms with Gasteiger partial charge in [-0.25, -0.2) is 9.37 Å². The Bertz CT molecular complexity index is 1500. The van der Waals surface area contributed by atoms with E-state index in [0.717, 1.165) is 34.5 Å². The van der Waals surface area contributed by atoms with Crippen molar-refractivity contribution in [1.29, 1.82) is 0 Å². The van der Waals surface area contributed by atoms with Gasteiger partial charge in [-0.15, -0.1) is 0 Å². The number of aldehydes is 1. The number of carbonyl (C=O) groups is 1. The molecule has 0 radical (unpaired) electrons. The van der Waals surface area contributed by atoms with Gasteiger partial charge < -0.3 is 24.5 Å². The molecular formula is C28H30ClFN6O3. The van der Waals surface area contributed by atoms with Crippen LogP contribution in [0.25, 0.3) is 11.1 Å². The molecule has 0 bridgehead atoms. The normalized spacial score (nSPS) is 17.3. The molecule has 2 N–H and O–H groups in total. The van der Waals surface area contributed by atoms with E-state index < -0.39 is 11.9 Å². The first kappa shape index (κ1) is 27.0. The van der Waals surface area contributed by atoms with Gasteiger partial charge in [0.05, 0.1) is 30.5 Å². The van der Waals surface area contributed by atoms with Crippen LogP contribution >= 0.6 is 11.6 Å². The number of methoxy groups -OCH3 is 1. The molecule has 1 aliphatic heterocycles. The molecule has 0 fully saturated rings. The van der Waals surface area contributed by atoms with Crippen molar-refractivity contribution in [3.63, 3.8) is 0 Å². The number of hydrogen-bond acceptors (Lipinski definition) is 7. The van der Waals surface area contributed by atoms with Crippen LogP contribution in [0.2, 0.25) is 5.02 Å². The zero-order chi connectivity index (χ0) is 27.7. The van der Waals surface area contributed by atoms with E-state index in [2.05, 4.69) is 20.0 Å². The summed E-state index contributed by atoms with van der Waals surface area (Å²) in [5.74, 6) is 1.04. The molecule has 9 nitrogen and oxygen atoms in total. The molecule has 0 spiro atoms. The standard InChI is InChI=1S/C28H30ClFN6O3/c1-17-27(23(29)10-31-28(17)33-26-6-7-32-34(26)2)20-9-24-25(15-38)36(22(16-39-3)13-35(24)11-20)12-19-8-21(30)5-4-18(19)14-37/h4-11,15,22,25,37H,12-14,16H2,1-3H3,(H,31,33)/t22-,25?/m1/s1. The van der Waals surface area contributed by atoms with Crippen LogP contribution in [0, 0.1) is 12.7 Å². The second-order valence-electron chi connectivity index (χ2n) is 9.66. The number of benzene rings is 1. The van der Waals surface area contributed by atoms with Gasteiger partial charge in [0, 0.05) is 68.1 Å². The first-order chi connectivity index (χ1) is 18.8. The predicted molar refractivity (Wildman–Crippen MR) is 146 cm³/mol. The fraction of sp³-hybridized carbons (Fsp3) is 0.321. The minimum Gasteiger partial charge on any atom is -0.392 e. The molecule has 2 atom stereocenters. The van der Waals surface area contributed by atoms with Crippen LogP contribution in [-0.2, 0) is 36.3 Å². The van der Waals surface area contributed by atoms with E-state index in [4.69, 9.17) is 16.3 Å². The molecule has 204 valence electrons. The van der Waals surface area contributed by atoms with Gasteiger partial charge in [0.2, 0.25) is 0 Å². The Morgan fingerprint density at radius 3 is 2.79 bits per heavy atom. The zero-order valence-corrected chi connectivity index (χ0v) is 22.7. The maximum Gasteiger partial charge on any atom is 0.143 e. The number of aliphatic hydroxyl groups excluding tert-OH is 1. The van der Waals surface area contributed by atoms with E-state index in [-0.39, 0.29) is 19.2 Å². The predicted octanol–water partition coefficient (Wildman–Crippen LogP) is 4.39. The number of fused-ring (bicyclic) bond motifs is 1.